The van der Waals surface area contributed by atoms with Gasteiger partial charge in [-0.05, 0) is 65.7 Å². The molecule has 1 aromatic heterocycles. The van der Waals surface area contributed by atoms with Crippen LogP contribution < -0.4 is 19.7 Å². The molecule has 0 atom stereocenters. The molecule has 44 heavy (non-hydrogen) atoms. The standard InChI is InChI=1S/C36H47N4O2S2/c1-4-31(17-20-37-21-27-41)5-6-32-9-13-35(14-10-32)38(2)25-29-43-44-30-26-39(3)36-15-11-33(12-16-36)7-8-34-18-22-40(23-19-34)24-28-42/h4-20,22-23,37,41-42H,21,24-30H2,1-3H3/q+1/b6-5+,20-17-,31-4-. The van der Waals surface area contributed by atoms with Crippen molar-refractivity contribution in [1.82, 2.24) is 5.32 Å². The summed E-state index contributed by atoms with van der Waals surface area (Å²) in [6.07, 6.45) is 18.4. The number of nitrogens with zero attached hydrogens (tertiary/aromatic N) is 3. The smallest absolute Gasteiger partial charge is 0.171 e. The van der Waals surface area contributed by atoms with E-state index in [0.29, 0.717) is 13.1 Å². The molecule has 0 unspecified atom stereocenters. The zero-order valence-corrected chi connectivity index (χ0v) is 27.8. The second kappa shape index (κ2) is 20.5. The predicted octanol–water partition coefficient (Wildman–Crippen LogP) is 6.15. The number of aromatic nitrogens is 1. The maximum absolute atomic E-state index is 9.04. The quantitative estimate of drug-likeness (QED) is 0.0636. The van der Waals surface area contributed by atoms with Crippen molar-refractivity contribution in [2.24, 2.45) is 0 Å². The topological polar surface area (TPSA) is 62.9 Å². The summed E-state index contributed by atoms with van der Waals surface area (Å²) in [7, 11) is 8.17. The summed E-state index contributed by atoms with van der Waals surface area (Å²) in [5.41, 5.74) is 7.04. The van der Waals surface area contributed by atoms with Crippen LogP contribution in [0.1, 0.15) is 23.6 Å². The van der Waals surface area contributed by atoms with Gasteiger partial charge in [-0.15, -0.1) is 0 Å². The Balaban J connectivity index is 1.32. The summed E-state index contributed by atoms with van der Waals surface area (Å²) in [5.74, 6) is 2.14. The first-order valence-electron chi connectivity index (χ1n) is 15.0. The van der Waals surface area contributed by atoms with Crippen LogP contribution in [0.5, 0.6) is 0 Å². The van der Waals surface area contributed by atoms with Gasteiger partial charge in [-0.25, -0.2) is 4.57 Å². The fraction of sp³-hybridized carbons (Fsp3) is 0.306. The Labute approximate surface area is 271 Å². The van der Waals surface area contributed by atoms with Crippen molar-refractivity contribution in [3.63, 3.8) is 0 Å². The van der Waals surface area contributed by atoms with E-state index >= 15 is 0 Å². The molecule has 0 spiro atoms. The fourth-order valence-corrected chi connectivity index (χ4v) is 6.27. The number of anilines is 2. The highest BCUT2D eigenvalue weighted by Gasteiger charge is 2.04. The summed E-state index contributed by atoms with van der Waals surface area (Å²) in [6, 6.07) is 21.5. The second-order valence-corrected chi connectivity index (χ2v) is 12.9. The van der Waals surface area contributed by atoms with E-state index in [9.17, 15) is 0 Å². The van der Waals surface area contributed by atoms with Crippen LogP contribution in [0, 0.1) is 0 Å². The van der Waals surface area contributed by atoms with E-state index < -0.39 is 0 Å². The van der Waals surface area contributed by atoms with Gasteiger partial charge in [-0.3, -0.25) is 0 Å². The number of aliphatic hydroxyl groups excluding tert-OH is 2. The number of rotatable bonds is 19. The Kier molecular flexibility index (Phi) is 16.3. The van der Waals surface area contributed by atoms with Crippen LogP contribution in [0.3, 0.4) is 0 Å². The van der Waals surface area contributed by atoms with Crippen LogP contribution in [0.2, 0.25) is 0 Å². The van der Waals surface area contributed by atoms with Gasteiger partial charge >= 0.3 is 0 Å². The van der Waals surface area contributed by atoms with E-state index in [-0.39, 0.29) is 13.2 Å². The summed E-state index contributed by atoms with van der Waals surface area (Å²) in [6.45, 7) is 5.46. The molecule has 0 aliphatic rings. The van der Waals surface area contributed by atoms with Gasteiger partial charge in [0.15, 0.2) is 18.9 Å². The molecule has 6 nitrogen and oxygen atoms in total. The molecule has 0 bridgehead atoms. The molecule has 0 amide bonds. The number of allylic oxidation sites excluding steroid dienone is 4. The molecule has 0 saturated heterocycles. The third-order valence-corrected chi connectivity index (χ3v) is 9.33. The van der Waals surface area contributed by atoms with Crippen molar-refractivity contribution in [3.8, 4) is 0 Å². The van der Waals surface area contributed by atoms with Crippen LogP contribution >= 0.6 is 21.6 Å². The van der Waals surface area contributed by atoms with Gasteiger partial charge in [0.2, 0.25) is 0 Å². The number of pyridine rings is 1. The Morgan fingerprint density at radius 3 is 1.75 bits per heavy atom. The zero-order chi connectivity index (χ0) is 31.4. The number of benzene rings is 2. The predicted molar refractivity (Wildman–Crippen MR) is 194 cm³/mol. The first-order valence-corrected chi connectivity index (χ1v) is 17.5. The Hall–Kier alpha value is -3.43. The first kappa shape index (κ1) is 35.1. The lowest BCUT2D eigenvalue weighted by Gasteiger charge is -2.20. The first-order chi connectivity index (χ1) is 21.5. The highest BCUT2D eigenvalue weighted by Crippen LogP contribution is 2.24. The molecule has 0 fully saturated rings. The summed E-state index contributed by atoms with van der Waals surface area (Å²) in [4.78, 5) is 4.62. The van der Waals surface area contributed by atoms with E-state index in [4.69, 9.17) is 10.2 Å². The lowest BCUT2D eigenvalue weighted by molar-refractivity contribution is -0.698. The molecule has 0 aliphatic heterocycles. The minimum atomic E-state index is 0.127. The van der Waals surface area contributed by atoms with Gasteiger partial charge < -0.3 is 25.3 Å². The van der Waals surface area contributed by atoms with Crippen molar-refractivity contribution in [2.75, 3.05) is 68.2 Å². The normalized spacial score (nSPS) is 12.1. The van der Waals surface area contributed by atoms with Gasteiger partial charge in [0.1, 0.15) is 6.61 Å². The molecule has 0 saturated carbocycles. The molecular weight excluding hydrogens is 585 g/mol. The van der Waals surface area contributed by atoms with Gasteiger partial charge in [-0.1, -0.05) is 76.2 Å². The van der Waals surface area contributed by atoms with Crippen LogP contribution in [0.15, 0.2) is 103 Å². The monoisotopic (exact) mass is 631 g/mol. The summed E-state index contributed by atoms with van der Waals surface area (Å²) in [5, 5.41) is 20.9. The molecule has 0 radical (unpaired) electrons. The maximum atomic E-state index is 9.04. The largest absolute Gasteiger partial charge is 0.395 e. The van der Waals surface area contributed by atoms with Crippen LogP contribution in [0.25, 0.3) is 18.2 Å². The van der Waals surface area contributed by atoms with E-state index in [1.54, 1.807) is 0 Å². The number of aliphatic hydroxyl groups is 2. The van der Waals surface area contributed by atoms with Crippen LogP contribution in [0.4, 0.5) is 11.4 Å². The Morgan fingerprint density at radius 2 is 1.25 bits per heavy atom. The molecule has 2 aromatic carbocycles. The number of hydrogen-bond donors (Lipinski definition) is 3. The molecule has 1 heterocycles. The van der Waals surface area contributed by atoms with Gasteiger partial charge in [0, 0.05) is 68.7 Å². The highest BCUT2D eigenvalue weighted by molar-refractivity contribution is 8.76. The minimum absolute atomic E-state index is 0.127. The molecule has 3 rings (SSSR count). The second-order valence-electron chi connectivity index (χ2n) is 10.2. The molecule has 3 N–H and O–H groups in total. The molecule has 8 heteroatoms. The van der Waals surface area contributed by atoms with Crippen molar-refractivity contribution in [1.29, 1.82) is 0 Å². The van der Waals surface area contributed by atoms with Gasteiger partial charge in [0.05, 0.1) is 6.61 Å². The molecule has 3 aromatic rings. The third-order valence-electron chi connectivity index (χ3n) is 6.97. The van der Waals surface area contributed by atoms with E-state index in [0.717, 1.165) is 35.7 Å². The number of hydrogen-bond acceptors (Lipinski definition) is 7. The third kappa shape index (κ3) is 13.1. The average molecular weight is 632 g/mol. The minimum Gasteiger partial charge on any atom is -0.395 e. The lowest BCUT2D eigenvalue weighted by Crippen LogP contribution is -2.34. The molecular formula is C36H47N4O2S2+. The highest BCUT2D eigenvalue weighted by atomic mass is 33.1. The van der Waals surface area contributed by atoms with Crippen molar-refractivity contribution in [3.05, 3.63) is 120 Å². The fourth-order valence-electron chi connectivity index (χ4n) is 4.18. The van der Waals surface area contributed by atoms with E-state index in [1.165, 1.54) is 22.5 Å². The summed E-state index contributed by atoms with van der Waals surface area (Å²) < 4.78 is 1.97. The van der Waals surface area contributed by atoms with Crippen molar-refractivity contribution in [2.45, 2.75) is 13.5 Å². The van der Waals surface area contributed by atoms with E-state index in [2.05, 4.69) is 120 Å². The average Bonchev–Trinajstić information content (AvgIpc) is 3.06. The molecule has 0 aliphatic carbocycles. The van der Waals surface area contributed by atoms with Crippen molar-refractivity contribution >= 4 is 51.2 Å². The Morgan fingerprint density at radius 1 is 0.727 bits per heavy atom. The Bertz CT molecular complexity index is 1340. The van der Waals surface area contributed by atoms with Gasteiger partial charge in [-0.2, -0.15) is 0 Å². The van der Waals surface area contributed by atoms with E-state index in [1.807, 2.05) is 57.7 Å². The van der Waals surface area contributed by atoms with Crippen molar-refractivity contribution < 1.29 is 14.8 Å². The maximum Gasteiger partial charge on any atom is 0.171 e. The van der Waals surface area contributed by atoms with Gasteiger partial charge in [0.25, 0.3) is 0 Å². The number of nitrogens with one attached hydrogen (secondary N) is 1. The van der Waals surface area contributed by atoms with Crippen LogP contribution in [-0.4, -0.2) is 68.7 Å². The SMILES string of the molecule is C/C=C(\C=C/NCCO)/C=C/c1ccc(N(C)CCSSCCN(C)c2ccc(/C=C/c3cc[n+](CCO)cc3)cc2)cc1. The lowest BCUT2D eigenvalue weighted by atomic mass is 10.1. The van der Waals surface area contributed by atoms with Crippen LogP contribution in [-0.2, 0) is 6.54 Å². The zero-order valence-electron chi connectivity index (χ0n) is 26.2. The summed E-state index contributed by atoms with van der Waals surface area (Å²) >= 11 is 0. The molecule has 234 valence electrons.